The number of para-hydroxylation sites is 1. The number of carbonyl (C=O) groups is 2. The number of hydrogen-bond acceptors (Lipinski definition) is 6. The Morgan fingerprint density at radius 2 is 1.46 bits per heavy atom. The van der Waals surface area contributed by atoms with E-state index in [-0.39, 0.29) is 18.8 Å². The van der Waals surface area contributed by atoms with Crippen molar-refractivity contribution in [3.63, 3.8) is 0 Å². The maximum Gasteiger partial charge on any atom is 0.379 e. The van der Waals surface area contributed by atoms with Crippen molar-refractivity contribution >= 4 is 11.8 Å². The number of methoxy groups -OCH3 is 1. The van der Waals surface area contributed by atoms with Gasteiger partial charge in [0.25, 0.3) is 5.78 Å². The van der Waals surface area contributed by atoms with Crippen LogP contribution in [-0.4, -0.2) is 43.3 Å². The summed E-state index contributed by atoms with van der Waals surface area (Å²) in [5.74, 6) is -0.505. The van der Waals surface area contributed by atoms with E-state index < -0.39 is 17.9 Å². The lowest BCUT2D eigenvalue weighted by molar-refractivity contribution is -0.135. The van der Waals surface area contributed by atoms with Crippen LogP contribution in [0.3, 0.4) is 0 Å². The first-order valence-electron chi connectivity index (χ1n) is 7.31. The predicted molar refractivity (Wildman–Crippen MR) is 86.2 cm³/mol. The summed E-state index contributed by atoms with van der Waals surface area (Å²) in [4.78, 5) is 22.8. The molecule has 2 aromatic carbocycles. The number of benzene rings is 2. The molecule has 0 aliphatic rings. The normalized spacial score (nSPS) is 11.4. The van der Waals surface area contributed by atoms with E-state index in [1.807, 2.05) is 18.2 Å². The molecule has 0 radical (unpaired) electrons. The standard InChI is InChI=1S/C18H18O6/c1-22-18(21)17(20)13-7-9-16(10-8-13)24-12-14(19)11-23-15-5-3-2-4-6-15/h2-10,14,19H,11-12H2,1H3. The van der Waals surface area contributed by atoms with E-state index >= 15 is 0 Å². The van der Waals surface area contributed by atoms with Crippen molar-refractivity contribution in [3.05, 3.63) is 60.2 Å². The molecule has 0 bridgehead atoms. The van der Waals surface area contributed by atoms with Crippen LogP contribution in [0.5, 0.6) is 11.5 Å². The van der Waals surface area contributed by atoms with E-state index in [0.717, 1.165) is 7.11 Å². The van der Waals surface area contributed by atoms with Crippen LogP contribution in [0.15, 0.2) is 54.6 Å². The Hall–Kier alpha value is -2.86. The van der Waals surface area contributed by atoms with Crippen LogP contribution >= 0.6 is 0 Å². The van der Waals surface area contributed by atoms with Crippen molar-refractivity contribution in [2.45, 2.75) is 6.10 Å². The Kier molecular flexibility index (Phi) is 6.33. The molecule has 0 aliphatic heterocycles. The second-order valence-corrected chi connectivity index (χ2v) is 4.93. The molecule has 0 fully saturated rings. The van der Waals surface area contributed by atoms with Gasteiger partial charge in [0, 0.05) is 5.56 Å². The van der Waals surface area contributed by atoms with Crippen LogP contribution in [0, 0.1) is 0 Å². The van der Waals surface area contributed by atoms with Crippen molar-refractivity contribution in [2.24, 2.45) is 0 Å². The minimum absolute atomic E-state index is 0.0388. The zero-order chi connectivity index (χ0) is 17.4. The van der Waals surface area contributed by atoms with Crippen LogP contribution in [-0.2, 0) is 9.53 Å². The van der Waals surface area contributed by atoms with Gasteiger partial charge in [-0.3, -0.25) is 4.79 Å². The Balaban J connectivity index is 1.79. The SMILES string of the molecule is COC(=O)C(=O)c1ccc(OCC(O)COc2ccccc2)cc1. The highest BCUT2D eigenvalue weighted by atomic mass is 16.5. The minimum Gasteiger partial charge on any atom is -0.491 e. The number of aliphatic hydroxyl groups is 1. The lowest BCUT2D eigenvalue weighted by Gasteiger charge is -2.13. The first-order chi connectivity index (χ1) is 11.6. The molecule has 126 valence electrons. The first-order valence-corrected chi connectivity index (χ1v) is 7.31. The van der Waals surface area contributed by atoms with Gasteiger partial charge in [-0.2, -0.15) is 0 Å². The quantitative estimate of drug-likeness (QED) is 0.452. The average Bonchev–Trinajstić information content (AvgIpc) is 2.64. The summed E-state index contributed by atoms with van der Waals surface area (Å²) in [6.07, 6.45) is -0.804. The van der Waals surface area contributed by atoms with E-state index in [4.69, 9.17) is 9.47 Å². The minimum atomic E-state index is -0.919. The third kappa shape index (κ3) is 5.10. The maximum absolute atomic E-state index is 11.6. The van der Waals surface area contributed by atoms with Gasteiger partial charge >= 0.3 is 5.97 Å². The van der Waals surface area contributed by atoms with Gasteiger partial charge in [-0.15, -0.1) is 0 Å². The number of hydrogen-bond donors (Lipinski definition) is 1. The Bertz CT molecular complexity index is 666. The highest BCUT2D eigenvalue weighted by molar-refractivity contribution is 6.40. The molecule has 24 heavy (non-hydrogen) atoms. The van der Waals surface area contributed by atoms with Crippen LogP contribution in [0.2, 0.25) is 0 Å². The van der Waals surface area contributed by atoms with Crippen molar-refractivity contribution in [2.75, 3.05) is 20.3 Å². The largest absolute Gasteiger partial charge is 0.491 e. The lowest BCUT2D eigenvalue weighted by atomic mass is 10.1. The smallest absolute Gasteiger partial charge is 0.379 e. The summed E-state index contributed by atoms with van der Waals surface area (Å²) in [6.45, 7) is 0.139. The molecule has 0 spiro atoms. The number of carbonyl (C=O) groups excluding carboxylic acids is 2. The molecule has 0 saturated heterocycles. The highest BCUT2D eigenvalue weighted by Crippen LogP contribution is 2.14. The van der Waals surface area contributed by atoms with Crippen LogP contribution in [0.25, 0.3) is 0 Å². The molecule has 6 heteroatoms. The Morgan fingerprint density at radius 3 is 2.00 bits per heavy atom. The molecule has 0 aromatic heterocycles. The van der Waals surface area contributed by atoms with Gasteiger partial charge in [-0.1, -0.05) is 18.2 Å². The van der Waals surface area contributed by atoms with Gasteiger partial charge in [-0.05, 0) is 36.4 Å². The van der Waals surface area contributed by atoms with Gasteiger partial charge in [0.2, 0.25) is 0 Å². The van der Waals surface area contributed by atoms with Gasteiger partial charge in [0.1, 0.15) is 30.8 Å². The predicted octanol–water partition coefficient (Wildman–Crippen LogP) is 1.86. The molecule has 1 atom stereocenters. The average molecular weight is 330 g/mol. The van der Waals surface area contributed by atoms with Crippen LogP contribution in [0.1, 0.15) is 10.4 Å². The van der Waals surface area contributed by atoms with Crippen LogP contribution in [0.4, 0.5) is 0 Å². The van der Waals surface area contributed by atoms with Gasteiger partial charge in [0.05, 0.1) is 7.11 Å². The fourth-order valence-electron chi connectivity index (χ4n) is 1.86. The van der Waals surface area contributed by atoms with Gasteiger partial charge in [0.15, 0.2) is 0 Å². The summed E-state index contributed by atoms with van der Waals surface area (Å²) in [7, 11) is 1.15. The zero-order valence-electron chi connectivity index (χ0n) is 13.2. The topological polar surface area (TPSA) is 82.1 Å². The molecule has 6 nitrogen and oxygen atoms in total. The molecular formula is C18H18O6. The van der Waals surface area contributed by atoms with Gasteiger partial charge in [-0.25, -0.2) is 4.79 Å². The Morgan fingerprint density at radius 1 is 0.917 bits per heavy atom. The number of Topliss-reactive ketones (excluding diaryl/α,β-unsaturated/α-hetero) is 1. The number of aliphatic hydroxyl groups excluding tert-OH is 1. The molecule has 0 amide bonds. The van der Waals surface area contributed by atoms with Gasteiger partial charge < -0.3 is 19.3 Å². The lowest BCUT2D eigenvalue weighted by Crippen LogP contribution is -2.25. The third-order valence-corrected chi connectivity index (χ3v) is 3.12. The molecule has 0 saturated carbocycles. The second kappa shape index (κ2) is 8.69. The van der Waals surface area contributed by atoms with E-state index in [1.165, 1.54) is 12.1 Å². The molecule has 2 aromatic rings. The zero-order valence-corrected chi connectivity index (χ0v) is 13.2. The van der Waals surface area contributed by atoms with Crippen LogP contribution < -0.4 is 9.47 Å². The summed E-state index contributed by atoms with van der Waals surface area (Å²) in [5.41, 5.74) is 0.210. The van der Waals surface area contributed by atoms with Crippen molar-refractivity contribution < 1.29 is 28.9 Å². The van der Waals surface area contributed by atoms with E-state index in [1.54, 1.807) is 24.3 Å². The van der Waals surface area contributed by atoms with Crippen molar-refractivity contribution in [1.29, 1.82) is 0 Å². The number of rotatable bonds is 8. The molecule has 0 aliphatic carbocycles. The third-order valence-electron chi connectivity index (χ3n) is 3.12. The summed E-state index contributed by atoms with van der Waals surface area (Å²) < 4.78 is 15.2. The molecule has 1 N–H and O–H groups in total. The van der Waals surface area contributed by atoms with E-state index in [2.05, 4.69) is 4.74 Å². The fraction of sp³-hybridized carbons (Fsp3) is 0.222. The Labute approximate surface area is 139 Å². The summed E-state index contributed by atoms with van der Waals surface area (Å²) in [5, 5.41) is 9.85. The molecule has 2 rings (SSSR count). The summed E-state index contributed by atoms with van der Waals surface area (Å²) >= 11 is 0. The van der Waals surface area contributed by atoms with Crippen molar-refractivity contribution in [1.82, 2.24) is 0 Å². The summed E-state index contributed by atoms with van der Waals surface area (Å²) in [6, 6.07) is 15.2. The monoisotopic (exact) mass is 330 g/mol. The fourth-order valence-corrected chi connectivity index (χ4v) is 1.86. The maximum atomic E-state index is 11.6. The number of ketones is 1. The molecule has 1 unspecified atom stereocenters. The number of esters is 1. The highest BCUT2D eigenvalue weighted by Gasteiger charge is 2.16. The molecular weight excluding hydrogens is 312 g/mol. The van der Waals surface area contributed by atoms with E-state index in [0.29, 0.717) is 11.5 Å². The second-order valence-electron chi connectivity index (χ2n) is 4.93. The molecule has 0 heterocycles. The number of ether oxygens (including phenoxy) is 3. The first kappa shape index (κ1) is 17.5. The van der Waals surface area contributed by atoms with E-state index in [9.17, 15) is 14.7 Å². The van der Waals surface area contributed by atoms with Crippen molar-refractivity contribution in [3.8, 4) is 11.5 Å².